The maximum absolute atomic E-state index is 5.99. The van der Waals surface area contributed by atoms with Crippen LogP contribution in [0.2, 0.25) is 0 Å². The SMILES string of the molecule is COc1cc(N2CCC3(CCN(C)CC3)CC2)c(-c2cnn(C)c2)cc1Nc1ncc(Br)c(Nc2ccc3nccnc3c2P(C)C)n1. The number of anilines is 5. The highest BCUT2D eigenvalue weighted by Gasteiger charge is 2.37. The Morgan fingerprint density at radius 2 is 1.65 bits per heavy atom. The van der Waals surface area contributed by atoms with Crippen molar-refractivity contribution < 1.29 is 4.74 Å². The first-order valence-corrected chi connectivity index (χ1v) is 19.4. The average Bonchev–Trinajstić information content (AvgIpc) is 3.53. The van der Waals surface area contributed by atoms with E-state index in [1.54, 1.807) is 25.7 Å². The molecule has 2 aliphatic rings. The topological polar surface area (TPSA) is 109 Å². The van der Waals surface area contributed by atoms with E-state index in [1.165, 1.54) is 38.8 Å². The van der Waals surface area contributed by atoms with Gasteiger partial charge in [-0.15, -0.1) is 0 Å². The van der Waals surface area contributed by atoms with Gasteiger partial charge >= 0.3 is 0 Å². The Hall–Kier alpha value is -3.86. The molecule has 0 bridgehead atoms. The van der Waals surface area contributed by atoms with Gasteiger partial charge in [-0.25, -0.2) is 4.98 Å². The number of benzene rings is 2. The number of likely N-dealkylation sites (tertiary alicyclic amines) is 1. The maximum Gasteiger partial charge on any atom is 0.229 e. The molecule has 0 saturated carbocycles. The van der Waals surface area contributed by atoms with Crippen molar-refractivity contribution in [3.8, 4) is 16.9 Å². The third-order valence-electron chi connectivity index (χ3n) is 9.85. The number of halogens is 1. The van der Waals surface area contributed by atoms with E-state index in [9.17, 15) is 0 Å². The fourth-order valence-electron chi connectivity index (χ4n) is 7.04. The molecule has 2 saturated heterocycles. The summed E-state index contributed by atoms with van der Waals surface area (Å²) in [7, 11) is 5.42. The van der Waals surface area contributed by atoms with E-state index in [0.717, 1.165) is 67.8 Å². The minimum atomic E-state index is -0.485. The Balaban J connectivity index is 1.20. The number of nitrogens with one attached hydrogen (secondary N) is 2. The molecule has 2 N–H and O–H groups in total. The number of ether oxygens (including phenoxy) is 1. The second kappa shape index (κ2) is 13.6. The van der Waals surface area contributed by atoms with Crippen molar-refractivity contribution in [1.29, 1.82) is 0 Å². The van der Waals surface area contributed by atoms with Gasteiger partial charge in [0.15, 0.2) is 0 Å². The molecule has 13 heteroatoms. The van der Waals surface area contributed by atoms with Gasteiger partial charge in [0.2, 0.25) is 5.95 Å². The molecule has 2 fully saturated rings. The largest absolute Gasteiger partial charge is 0.494 e. The predicted octanol–water partition coefficient (Wildman–Crippen LogP) is 6.76. The minimum Gasteiger partial charge on any atom is -0.494 e. The molecule has 5 heterocycles. The van der Waals surface area contributed by atoms with Gasteiger partial charge in [0.1, 0.15) is 11.6 Å². The van der Waals surface area contributed by atoms with Gasteiger partial charge in [-0.1, -0.05) is 7.92 Å². The summed E-state index contributed by atoms with van der Waals surface area (Å²) in [5, 5.41) is 12.7. The zero-order chi connectivity index (χ0) is 33.4. The van der Waals surface area contributed by atoms with Crippen LogP contribution in [0.5, 0.6) is 5.75 Å². The molecule has 0 unspecified atom stereocenters. The van der Waals surface area contributed by atoms with Crippen LogP contribution in [0.25, 0.3) is 22.2 Å². The van der Waals surface area contributed by atoms with E-state index in [2.05, 4.69) is 95.1 Å². The van der Waals surface area contributed by atoms with Crippen LogP contribution in [0.4, 0.5) is 28.8 Å². The first-order valence-electron chi connectivity index (χ1n) is 16.3. The Bertz CT molecular complexity index is 1930. The molecule has 2 aliphatic heterocycles. The smallest absolute Gasteiger partial charge is 0.229 e. The standard InChI is InChI=1S/C35H42BrN10OP/c1-44-14-8-35(9-15-44)10-16-46(17-11-35)29-19-30(47-3)28(18-24(29)23-20-40-45(2)22-23)42-34-39-21-25(36)33(43-34)41-27-7-6-26-31(32(27)48(4)5)38-13-12-37-26/h6-7,12-13,18-22H,8-11,14-17H2,1-5H3,(H2,39,41,42,43). The van der Waals surface area contributed by atoms with Crippen LogP contribution in [-0.4, -0.2) is 88.3 Å². The predicted molar refractivity (Wildman–Crippen MR) is 200 cm³/mol. The first kappa shape index (κ1) is 32.7. The molecule has 11 nitrogen and oxygen atoms in total. The Morgan fingerprint density at radius 3 is 2.35 bits per heavy atom. The fraction of sp³-hybridized carbons (Fsp3) is 0.400. The molecule has 0 atom stereocenters. The average molecular weight is 730 g/mol. The van der Waals surface area contributed by atoms with E-state index in [0.29, 0.717) is 17.2 Å². The highest BCUT2D eigenvalue weighted by Crippen LogP contribution is 2.46. The molecule has 0 amide bonds. The summed E-state index contributed by atoms with van der Waals surface area (Å²) in [4.78, 5) is 23.7. The molecular formula is C35H42BrN10OP. The zero-order valence-corrected chi connectivity index (χ0v) is 30.6. The van der Waals surface area contributed by atoms with Crippen LogP contribution in [0, 0.1) is 5.41 Å². The van der Waals surface area contributed by atoms with Gasteiger partial charge in [-0.2, -0.15) is 10.1 Å². The van der Waals surface area contributed by atoms with Gasteiger partial charge in [0.05, 0.1) is 34.5 Å². The zero-order valence-electron chi connectivity index (χ0n) is 28.2. The fourth-order valence-corrected chi connectivity index (χ4v) is 8.54. The van der Waals surface area contributed by atoms with Crippen molar-refractivity contribution >= 4 is 69.0 Å². The van der Waals surface area contributed by atoms with Crippen LogP contribution in [0.1, 0.15) is 25.7 Å². The van der Waals surface area contributed by atoms with Crippen LogP contribution in [-0.2, 0) is 7.05 Å². The number of hydrogen-bond donors (Lipinski definition) is 2. The Morgan fingerprint density at radius 1 is 0.896 bits per heavy atom. The van der Waals surface area contributed by atoms with E-state index >= 15 is 0 Å². The summed E-state index contributed by atoms with van der Waals surface area (Å²) >= 11 is 3.66. The number of aryl methyl sites for hydroxylation is 1. The lowest BCUT2D eigenvalue weighted by atomic mass is 9.71. The first-order chi connectivity index (χ1) is 23.2. The van der Waals surface area contributed by atoms with Crippen molar-refractivity contribution in [2.45, 2.75) is 25.7 Å². The van der Waals surface area contributed by atoms with Crippen molar-refractivity contribution in [2.75, 3.05) is 69.2 Å². The van der Waals surface area contributed by atoms with Crippen LogP contribution >= 0.6 is 23.9 Å². The lowest BCUT2D eigenvalue weighted by Gasteiger charge is -2.47. The van der Waals surface area contributed by atoms with E-state index < -0.39 is 7.92 Å². The molecule has 3 aromatic heterocycles. The van der Waals surface area contributed by atoms with Crippen LogP contribution in [0.3, 0.4) is 0 Å². The quantitative estimate of drug-likeness (QED) is 0.167. The van der Waals surface area contributed by atoms with Gasteiger partial charge in [0.25, 0.3) is 0 Å². The normalized spacial score (nSPS) is 16.5. The van der Waals surface area contributed by atoms with Crippen molar-refractivity contribution in [1.82, 2.24) is 34.6 Å². The number of aromatic nitrogens is 6. The van der Waals surface area contributed by atoms with Gasteiger partial charge in [-0.05, 0) is 98.7 Å². The molecule has 250 valence electrons. The number of rotatable bonds is 8. The molecule has 2 aromatic carbocycles. The molecule has 48 heavy (non-hydrogen) atoms. The van der Waals surface area contributed by atoms with Crippen molar-refractivity contribution in [2.24, 2.45) is 12.5 Å². The molecule has 0 radical (unpaired) electrons. The van der Waals surface area contributed by atoms with Gasteiger partial charge in [0, 0.05) is 78.8 Å². The third-order valence-corrected chi connectivity index (χ3v) is 11.8. The molecule has 0 aliphatic carbocycles. The second-order valence-electron chi connectivity index (χ2n) is 13.2. The second-order valence-corrected chi connectivity index (χ2v) is 16.3. The number of hydrogen-bond acceptors (Lipinski definition) is 10. The van der Waals surface area contributed by atoms with Crippen molar-refractivity contribution in [3.05, 3.63) is 59.7 Å². The highest BCUT2D eigenvalue weighted by atomic mass is 79.9. The Labute approximate surface area is 291 Å². The van der Waals surface area contributed by atoms with E-state index in [4.69, 9.17) is 9.72 Å². The lowest BCUT2D eigenvalue weighted by molar-refractivity contribution is 0.0945. The number of nitrogens with zero attached hydrogens (tertiary/aromatic N) is 8. The number of fused-ring (bicyclic) bond motifs is 1. The Kier molecular flexibility index (Phi) is 9.24. The molecular weight excluding hydrogens is 687 g/mol. The van der Waals surface area contributed by atoms with E-state index in [-0.39, 0.29) is 0 Å². The monoisotopic (exact) mass is 728 g/mol. The van der Waals surface area contributed by atoms with Crippen LogP contribution < -0.4 is 25.6 Å². The highest BCUT2D eigenvalue weighted by molar-refractivity contribution is 9.10. The summed E-state index contributed by atoms with van der Waals surface area (Å²) < 4.78 is 8.59. The molecule has 5 aromatic rings. The molecule has 1 spiro atoms. The van der Waals surface area contributed by atoms with Gasteiger partial charge in [-0.3, -0.25) is 14.6 Å². The number of piperidine rings is 2. The number of methoxy groups -OCH3 is 1. The van der Waals surface area contributed by atoms with Crippen LogP contribution in [0.15, 0.2) is 59.7 Å². The van der Waals surface area contributed by atoms with E-state index in [1.807, 2.05) is 30.1 Å². The third kappa shape index (κ3) is 6.58. The lowest BCUT2D eigenvalue weighted by Crippen LogP contribution is -2.46. The maximum atomic E-state index is 5.99. The summed E-state index contributed by atoms with van der Waals surface area (Å²) in [5.41, 5.74) is 7.30. The summed E-state index contributed by atoms with van der Waals surface area (Å²) in [6, 6.07) is 8.34. The summed E-state index contributed by atoms with van der Waals surface area (Å²) in [6.45, 7) is 8.88. The van der Waals surface area contributed by atoms with Gasteiger partial charge < -0.3 is 25.2 Å². The minimum absolute atomic E-state index is 0.448. The molecule has 7 rings (SSSR count). The summed E-state index contributed by atoms with van der Waals surface area (Å²) in [6.07, 6.45) is 14.2. The summed E-state index contributed by atoms with van der Waals surface area (Å²) in [5.74, 6) is 1.83. The van der Waals surface area contributed by atoms with Crippen molar-refractivity contribution in [3.63, 3.8) is 0 Å².